The van der Waals surface area contributed by atoms with Gasteiger partial charge in [0, 0.05) is 14.1 Å². The minimum atomic E-state index is -0.578. The maximum absolute atomic E-state index is 12.4. The highest BCUT2D eigenvalue weighted by molar-refractivity contribution is 6.03. The molecule has 0 heterocycles. The maximum atomic E-state index is 12.4. The van der Waals surface area contributed by atoms with E-state index < -0.39 is 6.03 Å². The number of carbonyl (C=O) groups is 1. The molecule has 0 unspecified atom stereocenters. The van der Waals surface area contributed by atoms with Crippen LogP contribution in [0.5, 0.6) is 17.2 Å². The number of anilines is 1. The van der Waals surface area contributed by atoms with Gasteiger partial charge in [-0.2, -0.15) is 0 Å². The molecule has 8 heteroatoms. The summed E-state index contributed by atoms with van der Waals surface area (Å²) in [5.41, 5.74) is 1.36. The van der Waals surface area contributed by atoms with Crippen LogP contribution in [0.2, 0.25) is 0 Å². The highest BCUT2D eigenvalue weighted by Gasteiger charge is 2.20. The molecule has 2 rings (SSSR count). The lowest BCUT2D eigenvalue weighted by Crippen LogP contribution is -2.41. The van der Waals surface area contributed by atoms with Gasteiger partial charge in [0.25, 0.3) is 0 Å². The van der Waals surface area contributed by atoms with Crippen LogP contribution in [0.3, 0.4) is 0 Å². The van der Waals surface area contributed by atoms with Crippen molar-refractivity contribution in [1.29, 1.82) is 5.41 Å². The monoisotopic (exact) mass is 400 g/mol. The number of guanidine groups is 1. The van der Waals surface area contributed by atoms with Gasteiger partial charge in [0.2, 0.25) is 0 Å². The molecule has 0 atom stereocenters. The third kappa shape index (κ3) is 6.31. The summed E-state index contributed by atoms with van der Waals surface area (Å²) in [5, 5.41) is 13.0. The van der Waals surface area contributed by atoms with Gasteiger partial charge in [-0.1, -0.05) is 30.3 Å². The smallest absolute Gasteiger partial charge is 0.326 e. The molecule has 0 aliphatic carbocycles. The average Bonchev–Trinajstić information content (AvgIpc) is 2.70. The highest BCUT2D eigenvalue weighted by Crippen LogP contribution is 2.43. The van der Waals surface area contributed by atoms with Gasteiger partial charge in [-0.25, -0.2) is 4.79 Å². The molecular formula is C21H28N4O4. The molecule has 29 heavy (non-hydrogen) atoms. The lowest BCUT2D eigenvalue weighted by atomic mass is 10.2. The highest BCUT2D eigenvalue weighted by atomic mass is 16.5. The summed E-state index contributed by atoms with van der Waals surface area (Å²) in [7, 11) is 3.33. The van der Waals surface area contributed by atoms with Crippen LogP contribution in [0.25, 0.3) is 0 Å². The Morgan fingerprint density at radius 3 is 2.24 bits per heavy atom. The quantitative estimate of drug-likeness (QED) is 0.464. The molecule has 0 aliphatic rings. The molecule has 8 nitrogen and oxygen atoms in total. The molecule has 0 aromatic heterocycles. The summed E-state index contributed by atoms with van der Waals surface area (Å²) in [6.07, 6.45) is 0. The van der Waals surface area contributed by atoms with Crippen molar-refractivity contribution in [3.63, 3.8) is 0 Å². The second kappa shape index (κ2) is 10.8. The Morgan fingerprint density at radius 1 is 0.966 bits per heavy atom. The minimum Gasteiger partial charge on any atom is -0.492 e. The number of hydrogen-bond acceptors (Lipinski definition) is 5. The van der Waals surface area contributed by atoms with E-state index in [-0.39, 0.29) is 5.96 Å². The standard InChI is InChI=1S/C21H28N4O4/c1-5-27-16-12-13-17(29-14-15-10-8-7-9-11-15)19(28-6-2)18(16)23-21(26)24-20(22)25(3)4/h7-13H,5-6,14H2,1-4H3,(H3,22,23,24,26). The Balaban J connectivity index is 2.31. The predicted octanol–water partition coefficient (Wildman–Crippen LogP) is 3.68. The molecule has 0 spiro atoms. The summed E-state index contributed by atoms with van der Waals surface area (Å²) in [5.74, 6) is 1.27. The van der Waals surface area contributed by atoms with Crippen molar-refractivity contribution in [3.8, 4) is 17.2 Å². The normalized spacial score (nSPS) is 10.1. The van der Waals surface area contributed by atoms with E-state index >= 15 is 0 Å². The molecule has 0 bridgehead atoms. The number of amides is 2. The zero-order valence-corrected chi connectivity index (χ0v) is 17.2. The van der Waals surface area contributed by atoms with Gasteiger partial charge in [-0.15, -0.1) is 0 Å². The lowest BCUT2D eigenvalue weighted by molar-refractivity contribution is 0.253. The Bertz CT molecular complexity index is 825. The SMILES string of the molecule is CCOc1ccc(OCc2ccccc2)c(OCC)c1NC(=O)NC(=N)N(C)C. The van der Waals surface area contributed by atoms with Crippen molar-refractivity contribution in [2.45, 2.75) is 20.5 Å². The van der Waals surface area contributed by atoms with E-state index in [1.807, 2.05) is 44.2 Å². The topological polar surface area (TPSA) is 95.9 Å². The van der Waals surface area contributed by atoms with Crippen LogP contribution in [0.4, 0.5) is 10.5 Å². The van der Waals surface area contributed by atoms with Crippen molar-refractivity contribution >= 4 is 17.7 Å². The van der Waals surface area contributed by atoms with Gasteiger partial charge in [0.05, 0.1) is 13.2 Å². The number of rotatable bonds is 8. The Labute approximate surface area is 171 Å². The summed E-state index contributed by atoms with van der Waals surface area (Å²) in [6.45, 7) is 4.85. The summed E-state index contributed by atoms with van der Waals surface area (Å²) in [6, 6.07) is 12.7. The van der Waals surface area contributed by atoms with Crippen molar-refractivity contribution in [2.75, 3.05) is 32.6 Å². The first-order valence-electron chi connectivity index (χ1n) is 9.39. The summed E-state index contributed by atoms with van der Waals surface area (Å²) < 4.78 is 17.4. The average molecular weight is 400 g/mol. The second-order valence-electron chi connectivity index (χ2n) is 6.23. The van der Waals surface area contributed by atoms with E-state index in [0.29, 0.717) is 42.8 Å². The number of ether oxygens (including phenoxy) is 3. The van der Waals surface area contributed by atoms with Gasteiger partial charge in [0.15, 0.2) is 17.5 Å². The van der Waals surface area contributed by atoms with E-state index in [0.717, 1.165) is 5.56 Å². The van der Waals surface area contributed by atoms with Crippen LogP contribution in [0.15, 0.2) is 42.5 Å². The maximum Gasteiger partial charge on any atom is 0.326 e. The molecule has 0 fully saturated rings. The predicted molar refractivity (Wildman–Crippen MR) is 113 cm³/mol. The molecule has 2 aromatic carbocycles. The van der Waals surface area contributed by atoms with Crippen LogP contribution in [0.1, 0.15) is 19.4 Å². The molecule has 0 saturated heterocycles. The second-order valence-corrected chi connectivity index (χ2v) is 6.23. The van der Waals surface area contributed by atoms with Crippen LogP contribution in [0, 0.1) is 5.41 Å². The van der Waals surface area contributed by atoms with Crippen molar-refractivity contribution in [3.05, 3.63) is 48.0 Å². The third-order valence-corrected chi connectivity index (χ3v) is 3.83. The molecule has 156 valence electrons. The fourth-order valence-corrected chi connectivity index (χ4v) is 2.44. The van der Waals surface area contributed by atoms with Crippen LogP contribution in [-0.2, 0) is 6.61 Å². The van der Waals surface area contributed by atoms with Crippen LogP contribution < -0.4 is 24.8 Å². The number of nitrogens with one attached hydrogen (secondary N) is 3. The van der Waals surface area contributed by atoms with Gasteiger partial charge in [-0.3, -0.25) is 10.7 Å². The number of carbonyl (C=O) groups excluding carboxylic acids is 1. The van der Waals surface area contributed by atoms with Crippen LogP contribution in [-0.4, -0.2) is 44.2 Å². The molecule has 2 aromatic rings. The van der Waals surface area contributed by atoms with Gasteiger partial charge < -0.3 is 24.4 Å². The largest absolute Gasteiger partial charge is 0.492 e. The molecule has 0 saturated carbocycles. The van der Waals surface area contributed by atoms with Crippen molar-refractivity contribution in [1.82, 2.24) is 10.2 Å². The van der Waals surface area contributed by atoms with Gasteiger partial charge in [0.1, 0.15) is 18.0 Å². The van der Waals surface area contributed by atoms with E-state index in [1.54, 1.807) is 26.2 Å². The summed E-state index contributed by atoms with van der Waals surface area (Å²) in [4.78, 5) is 13.9. The number of urea groups is 1. The molecule has 0 aliphatic heterocycles. The van der Waals surface area contributed by atoms with Gasteiger partial charge in [-0.05, 0) is 31.5 Å². The Morgan fingerprint density at radius 2 is 1.62 bits per heavy atom. The zero-order chi connectivity index (χ0) is 21.2. The fourth-order valence-electron chi connectivity index (χ4n) is 2.44. The molecular weight excluding hydrogens is 372 g/mol. The molecule has 2 amide bonds. The molecule has 3 N–H and O–H groups in total. The summed E-state index contributed by atoms with van der Waals surface area (Å²) >= 11 is 0. The first-order chi connectivity index (χ1) is 14.0. The minimum absolute atomic E-state index is 0.0464. The first kappa shape index (κ1) is 21.9. The Hall–Kier alpha value is -3.42. The first-order valence-corrected chi connectivity index (χ1v) is 9.39. The third-order valence-electron chi connectivity index (χ3n) is 3.83. The van der Waals surface area contributed by atoms with Crippen molar-refractivity contribution in [2.24, 2.45) is 0 Å². The fraction of sp³-hybridized carbons (Fsp3) is 0.333. The zero-order valence-electron chi connectivity index (χ0n) is 17.2. The molecule has 0 radical (unpaired) electrons. The van der Waals surface area contributed by atoms with E-state index in [1.165, 1.54) is 4.90 Å². The lowest BCUT2D eigenvalue weighted by Gasteiger charge is -2.20. The number of benzene rings is 2. The number of hydrogen-bond donors (Lipinski definition) is 3. The van der Waals surface area contributed by atoms with Crippen LogP contribution >= 0.6 is 0 Å². The van der Waals surface area contributed by atoms with E-state index in [4.69, 9.17) is 19.6 Å². The van der Waals surface area contributed by atoms with E-state index in [2.05, 4.69) is 10.6 Å². The van der Waals surface area contributed by atoms with E-state index in [9.17, 15) is 4.79 Å². The Kier molecular flexibility index (Phi) is 8.14. The van der Waals surface area contributed by atoms with Gasteiger partial charge >= 0.3 is 6.03 Å². The number of nitrogens with zero attached hydrogens (tertiary/aromatic N) is 1. The van der Waals surface area contributed by atoms with Crippen molar-refractivity contribution < 1.29 is 19.0 Å².